The van der Waals surface area contributed by atoms with E-state index in [1.807, 2.05) is 18.2 Å². The van der Waals surface area contributed by atoms with E-state index >= 15 is 0 Å². The van der Waals surface area contributed by atoms with Crippen molar-refractivity contribution < 1.29 is 9.22 Å². The molecule has 3 heteroatoms. The maximum Gasteiger partial charge on any atom is 0.192 e. The van der Waals surface area contributed by atoms with E-state index in [2.05, 4.69) is 40.4 Å². The lowest BCUT2D eigenvalue weighted by atomic mass is 9.98. The van der Waals surface area contributed by atoms with Gasteiger partial charge in [0.15, 0.2) is 14.1 Å². The highest BCUT2D eigenvalue weighted by Gasteiger charge is 2.39. The van der Waals surface area contributed by atoms with Crippen molar-refractivity contribution in [2.45, 2.75) is 64.3 Å². The van der Waals surface area contributed by atoms with Gasteiger partial charge in [0, 0.05) is 6.42 Å². The van der Waals surface area contributed by atoms with Crippen molar-refractivity contribution in [3.8, 4) is 0 Å². The van der Waals surface area contributed by atoms with Crippen LogP contribution in [0.4, 0.5) is 0 Å². The molecule has 0 radical (unpaired) electrons. The van der Waals surface area contributed by atoms with Crippen LogP contribution in [0.1, 0.15) is 40.0 Å². The first kappa shape index (κ1) is 17.1. The van der Waals surface area contributed by atoms with Crippen molar-refractivity contribution in [2.24, 2.45) is 0 Å². The summed E-state index contributed by atoms with van der Waals surface area (Å²) in [6.45, 7) is 15.1. The second-order valence-electron chi connectivity index (χ2n) is 6.94. The summed E-state index contributed by atoms with van der Waals surface area (Å²) in [6.07, 6.45) is 9.98. The molecule has 0 saturated carbocycles. The van der Waals surface area contributed by atoms with E-state index in [0.29, 0.717) is 6.42 Å². The van der Waals surface area contributed by atoms with Crippen molar-refractivity contribution in [3.63, 3.8) is 0 Å². The first-order valence-corrected chi connectivity index (χ1v) is 10.3. The molecular formula is C17H28O2Si. The smallest absolute Gasteiger partial charge is 0.192 e. The minimum absolute atomic E-state index is 0.0817. The Morgan fingerprint density at radius 2 is 2.05 bits per heavy atom. The number of ketones is 1. The van der Waals surface area contributed by atoms with E-state index in [9.17, 15) is 4.79 Å². The van der Waals surface area contributed by atoms with E-state index in [0.717, 1.165) is 18.4 Å². The molecule has 1 aliphatic rings. The van der Waals surface area contributed by atoms with Crippen LogP contribution in [0.15, 0.2) is 36.5 Å². The van der Waals surface area contributed by atoms with Crippen molar-refractivity contribution in [1.29, 1.82) is 0 Å². The van der Waals surface area contributed by atoms with Crippen LogP contribution in [-0.2, 0) is 9.22 Å². The van der Waals surface area contributed by atoms with Crippen LogP contribution < -0.4 is 0 Å². The molecule has 0 amide bonds. The Morgan fingerprint density at radius 1 is 1.40 bits per heavy atom. The molecule has 112 valence electrons. The van der Waals surface area contributed by atoms with Crippen molar-refractivity contribution in [2.75, 3.05) is 0 Å². The number of carbonyl (C=O) groups is 1. The predicted molar refractivity (Wildman–Crippen MR) is 88.3 cm³/mol. The second kappa shape index (κ2) is 6.68. The number of hydrogen-bond donors (Lipinski definition) is 0. The van der Waals surface area contributed by atoms with Crippen molar-refractivity contribution in [3.05, 3.63) is 36.5 Å². The van der Waals surface area contributed by atoms with Gasteiger partial charge in [-0.15, -0.1) is 6.58 Å². The van der Waals surface area contributed by atoms with Gasteiger partial charge in [-0.05, 0) is 42.6 Å². The normalized spacial score (nSPS) is 17.9. The monoisotopic (exact) mass is 292 g/mol. The van der Waals surface area contributed by atoms with Gasteiger partial charge in [-0.25, -0.2) is 0 Å². The molecule has 0 aliphatic heterocycles. The topological polar surface area (TPSA) is 26.3 Å². The Kier molecular flexibility index (Phi) is 5.72. The van der Waals surface area contributed by atoms with Crippen LogP contribution >= 0.6 is 0 Å². The van der Waals surface area contributed by atoms with Gasteiger partial charge < -0.3 is 4.43 Å². The molecule has 0 aromatic heterocycles. The number of carbonyl (C=O) groups excluding carboxylic acids is 1. The molecule has 0 aromatic carbocycles. The van der Waals surface area contributed by atoms with Gasteiger partial charge in [0.1, 0.15) is 0 Å². The average Bonchev–Trinajstić information content (AvgIpc) is 2.34. The van der Waals surface area contributed by atoms with Crippen LogP contribution in [0.2, 0.25) is 18.1 Å². The van der Waals surface area contributed by atoms with E-state index in [1.54, 1.807) is 6.08 Å². The molecule has 1 atom stereocenters. The second-order valence-corrected chi connectivity index (χ2v) is 11.7. The van der Waals surface area contributed by atoms with Gasteiger partial charge >= 0.3 is 0 Å². The molecule has 0 fully saturated rings. The van der Waals surface area contributed by atoms with Crippen molar-refractivity contribution in [1.82, 2.24) is 0 Å². The van der Waals surface area contributed by atoms with Gasteiger partial charge in [-0.3, -0.25) is 4.79 Å². The molecule has 1 rings (SSSR count). The van der Waals surface area contributed by atoms with Gasteiger partial charge in [0.25, 0.3) is 0 Å². The number of hydrogen-bond acceptors (Lipinski definition) is 2. The van der Waals surface area contributed by atoms with E-state index in [-0.39, 0.29) is 16.9 Å². The Hall–Kier alpha value is -0.933. The Bertz CT molecular complexity index is 425. The zero-order valence-electron chi connectivity index (χ0n) is 13.5. The lowest BCUT2D eigenvalue weighted by Gasteiger charge is -2.40. The summed E-state index contributed by atoms with van der Waals surface area (Å²) in [4.78, 5) is 11.3. The predicted octanol–water partition coefficient (Wildman–Crippen LogP) is 4.80. The molecule has 0 saturated heterocycles. The summed E-state index contributed by atoms with van der Waals surface area (Å²) < 4.78 is 6.54. The van der Waals surface area contributed by atoms with E-state index < -0.39 is 8.32 Å². The maximum absolute atomic E-state index is 11.3. The fourth-order valence-electron chi connectivity index (χ4n) is 1.88. The van der Waals surface area contributed by atoms with Gasteiger partial charge in [0.2, 0.25) is 0 Å². The largest absolute Gasteiger partial charge is 0.410 e. The summed E-state index contributed by atoms with van der Waals surface area (Å²) in [5.74, 6) is 0.170. The lowest BCUT2D eigenvalue weighted by Crippen LogP contribution is -2.44. The standard InChI is InChI=1S/C17H28O2Si/c1-7-8-9-16(14-10-12-15(18)13-11-14)19-20(5,6)17(2,3)4/h7,10-12,16H,1,8-9,13H2,2-6H3. The first-order valence-electron chi connectivity index (χ1n) is 7.37. The van der Waals surface area contributed by atoms with Crippen LogP contribution in [0.3, 0.4) is 0 Å². The van der Waals surface area contributed by atoms with Gasteiger partial charge in [0.05, 0.1) is 6.10 Å². The highest BCUT2D eigenvalue weighted by Crippen LogP contribution is 2.39. The third-order valence-electron chi connectivity index (χ3n) is 4.25. The Morgan fingerprint density at radius 3 is 2.50 bits per heavy atom. The number of rotatable bonds is 6. The molecule has 2 nitrogen and oxygen atoms in total. The molecule has 20 heavy (non-hydrogen) atoms. The van der Waals surface area contributed by atoms with E-state index in [4.69, 9.17) is 4.43 Å². The summed E-state index contributed by atoms with van der Waals surface area (Å²) in [5, 5.41) is 0.189. The fraction of sp³-hybridized carbons (Fsp3) is 0.588. The lowest BCUT2D eigenvalue weighted by molar-refractivity contribution is -0.113. The summed E-state index contributed by atoms with van der Waals surface area (Å²) in [5.41, 5.74) is 1.15. The molecule has 0 aromatic rings. The zero-order valence-corrected chi connectivity index (χ0v) is 14.5. The number of allylic oxidation sites excluding steroid dienone is 3. The van der Waals surface area contributed by atoms with Gasteiger partial charge in [-0.1, -0.05) is 39.0 Å². The summed E-state index contributed by atoms with van der Waals surface area (Å²) in [7, 11) is -1.81. The Balaban J connectivity index is 2.88. The quantitative estimate of drug-likeness (QED) is 0.519. The molecule has 0 N–H and O–H groups in total. The SMILES string of the molecule is C=CCCC(O[Si](C)(C)C(C)(C)C)C1=CCC(=O)C=C1. The van der Waals surface area contributed by atoms with Crippen LogP contribution in [0.5, 0.6) is 0 Å². The molecule has 0 heterocycles. The van der Waals surface area contributed by atoms with Crippen molar-refractivity contribution >= 4 is 14.1 Å². The first-order chi connectivity index (χ1) is 9.17. The molecule has 1 aliphatic carbocycles. The molecular weight excluding hydrogens is 264 g/mol. The zero-order chi connectivity index (χ0) is 15.4. The third-order valence-corrected chi connectivity index (χ3v) is 8.73. The van der Waals surface area contributed by atoms with Crippen LogP contribution in [0, 0.1) is 0 Å². The minimum Gasteiger partial charge on any atom is -0.410 e. The minimum atomic E-state index is -1.81. The summed E-state index contributed by atoms with van der Waals surface area (Å²) in [6, 6.07) is 0. The average molecular weight is 292 g/mol. The van der Waals surface area contributed by atoms with Crippen LogP contribution in [0.25, 0.3) is 0 Å². The molecule has 0 spiro atoms. The molecule has 1 unspecified atom stereocenters. The van der Waals surface area contributed by atoms with E-state index in [1.165, 1.54) is 0 Å². The third kappa shape index (κ3) is 4.56. The summed E-state index contributed by atoms with van der Waals surface area (Å²) >= 11 is 0. The Labute approximate surface area is 124 Å². The molecule has 0 bridgehead atoms. The highest BCUT2D eigenvalue weighted by molar-refractivity contribution is 6.74. The maximum atomic E-state index is 11.3. The van der Waals surface area contributed by atoms with Gasteiger partial charge in [-0.2, -0.15) is 0 Å². The van der Waals surface area contributed by atoms with Crippen LogP contribution in [-0.4, -0.2) is 20.2 Å². The highest BCUT2D eigenvalue weighted by atomic mass is 28.4. The fourth-order valence-corrected chi connectivity index (χ4v) is 3.20.